The second-order valence-electron chi connectivity index (χ2n) is 2.81. The van der Waals surface area contributed by atoms with Crippen LogP contribution in [0.4, 0.5) is 0 Å². The summed E-state index contributed by atoms with van der Waals surface area (Å²) >= 11 is 0. The first kappa shape index (κ1) is 22.0. The summed E-state index contributed by atoms with van der Waals surface area (Å²) in [5.74, 6) is -4.31. The van der Waals surface area contributed by atoms with E-state index in [1.54, 1.807) is 0 Å². The highest BCUT2D eigenvalue weighted by Gasteiger charge is 2.00. The van der Waals surface area contributed by atoms with Crippen LogP contribution in [0, 0.1) is 0 Å². The van der Waals surface area contributed by atoms with Crippen molar-refractivity contribution in [3.05, 3.63) is 0 Å². The molecule has 8 N–H and O–H groups in total. The summed E-state index contributed by atoms with van der Waals surface area (Å²) in [5, 5.41) is 31.6. The summed E-state index contributed by atoms with van der Waals surface area (Å²) in [4.78, 5) is 38.6. The van der Waals surface area contributed by atoms with Crippen molar-refractivity contribution in [2.75, 3.05) is 6.67 Å². The molecule has 0 amide bonds. The minimum Gasteiger partial charge on any atom is -0.481 e. The molecular formula is C9H18N2O8. The first-order chi connectivity index (χ1) is 8.67. The topological polar surface area (TPSA) is 201 Å². The third-order valence-corrected chi connectivity index (χ3v) is 1.11. The highest BCUT2D eigenvalue weighted by Crippen LogP contribution is 1.86. The van der Waals surface area contributed by atoms with E-state index in [0.717, 1.165) is 0 Å². The Morgan fingerprint density at radius 2 is 0.684 bits per heavy atom. The van der Waals surface area contributed by atoms with Crippen LogP contribution in [-0.2, 0) is 19.2 Å². The molecule has 0 radical (unpaired) electrons. The van der Waals surface area contributed by atoms with Crippen LogP contribution in [0.1, 0.15) is 25.7 Å². The molecule has 112 valence electrons. The molecule has 0 saturated carbocycles. The van der Waals surface area contributed by atoms with Crippen molar-refractivity contribution in [2.24, 2.45) is 11.5 Å². The Morgan fingerprint density at radius 1 is 0.579 bits per heavy atom. The van der Waals surface area contributed by atoms with Crippen molar-refractivity contribution in [3.8, 4) is 0 Å². The Morgan fingerprint density at radius 3 is 0.737 bits per heavy atom. The second kappa shape index (κ2) is 15.8. The maximum atomic E-state index is 9.64. The highest BCUT2D eigenvalue weighted by molar-refractivity contribution is 5.75. The van der Waals surface area contributed by atoms with Gasteiger partial charge in [-0.3, -0.25) is 19.2 Å². The summed E-state index contributed by atoms with van der Waals surface area (Å²) in [6.45, 7) is 0.250. The van der Waals surface area contributed by atoms with Crippen molar-refractivity contribution in [2.45, 2.75) is 25.7 Å². The van der Waals surface area contributed by atoms with Gasteiger partial charge >= 0.3 is 23.9 Å². The molecule has 0 aliphatic carbocycles. The van der Waals surface area contributed by atoms with Gasteiger partial charge in [-0.05, 0) is 0 Å². The van der Waals surface area contributed by atoms with E-state index in [0.29, 0.717) is 0 Å². The normalized spacial score (nSPS) is 8.11. The van der Waals surface area contributed by atoms with Gasteiger partial charge in [-0.1, -0.05) is 0 Å². The Balaban J connectivity index is -0.000000224. The molecule has 0 saturated heterocycles. The zero-order valence-electron chi connectivity index (χ0n) is 10.1. The molecule has 0 aliphatic rings. The molecule has 0 bridgehead atoms. The van der Waals surface area contributed by atoms with Crippen LogP contribution in [0.5, 0.6) is 0 Å². The van der Waals surface area contributed by atoms with Gasteiger partial charge < -0.3 is 31.9 Å². The minimum atomic E-state index is -1.08. The average molecular weight is 282 g/mol. The molecule has 0 aromatic rings. The van der Waals surface area contributed by atoms with Crippen molar-refractivity contribution in [3.63, 3.8) is 0 Å². The van der Waals surface area contributed by atoms with Crippen molar-refractivity contribution in [1.82, 2.24) is 0 Å². The molecule has 0 spiro atoms. The molecule has 19 heavy (non-hydrogen) atoms. The predicted octanol–water partition coefficient (Wildman–Crippen LogP) is -1.27. The Bertz CT molecular complexity index is 236. The number of carboxylic acid groups (broad SMARTS) is 4. The predicted molar refractivity (Wildman–Crippen MR) is 62.3 cm³/mol. The van der Waals surface area contributed by atoms with Crippen LogP contribution >= 0.6 is 0 Å². The minimum absolute atomic E-state index is 0.250. The van der Waals surface area contributed by atoms with Gasteiger partial charge in [-0.2, -0.15) is 0 Å². The van der Waals surface area contributed by atoms with Gasteiger partial charge in [0.2, 0.25) is 0 Å². The van der Waals surface area contributed by atoms with Crippen LogP contribution in [0.3, 0.4) is 0 Å². The molecule has 0 atom stereocenters. The van der Waals surface area contributed by atoms with Crippen molar-refractivity contribution in [1.29, 1.82) is 0 Å². The zero-order valence-corrected chi connectivity index (χ0v) is 10.1. The van der Waals surface area contributed by atoms with Gasteiger partial charge in [0.05, 0.1) is 25.7 Å². The number of nitrogens with two attached hydrogens (primary N) is 2. The van der Waals surface area contributed by atoms with E-state index in [-0.39, 0.29) is 32.4 Å². The van der Waals surface area contributed by atoms with Gasteiger partial charge in [-0.25, -0.2) is 0 Å². The third-order valence-electron chi connectivity index (χ3n) is 1.11. The molecule has 10 nitrogen and oxygen atoms in total. The zero-order chi connectivity index (χ0) is 15.8. The van der Waals surface area contributed by atoms with E-state index in [2.05, 4.69) is 11.5 Å². The Labute approximate surface area is 108 Å². The first-order valence-corrected chi connectivity index (χ1v) is 4.94. The summed E-state index contributed by atoms with van der Waals surface area (Å²) < 4.78 is 0. The van der Waals surface area contributed by atoms with Gasteiger partial charge in [0, 0.05) is 6.67 Å². The van der Waals surface area contributed by atoms with Gasteiger partial charge in [0.15, 0.2) is 0 Å². The molecular weight excluding hydrogens is 264 g/mol. The summed E-state index contributed by atoms with van der Waals surface area (Å²) in [5.41, 5.74) is 9.25. The average Bonchev–Trinajstić information content (AvgIpc) is 2.25. The van der Waals surface area contributed by atoms with Crippen molar-refractivity contribution >= 4 is 23.9 Å². The fourth-order valence-electron chi connectivity index (χ4n) is 0.428. The largest absolute Gasteiger partial charge is 0.481 e. The monoisotopic (exact) mass is 282 g/mol. The van der Waals surface area contributed by atoms with Crippen LogP contribution in [0.25, 0.3) is 0 Å². The van der Waals surface area contributed by atoms with Gasteiger partial charge in [0.1, 0.15) is 0 Å². The van der Waals surface area contributed by atoms with Gasteiger partial charge in [0.25, 0.3) is 0 Å². The van der Waals surface area contributed by atoms with Crippen LogP contribution in [0.2, 0.25) is 0 Å². The van der Waals surface area contributed by atoms with E-state index < -0.39 is 23.9 Å². The van der Waals surface area contributed by atoms with Crippen LogP contribution < -0.4 is 11.5 Å². The molecule has 10 heteroatoms. The quantitative estimate of drug-likeness (QED) is 0.319. The molecule has 0 unspecified atom stereocenters. The lowest BCUT2D eigenvalue weighted by Crippen LogP contribution is -2.08. The molecule has 0 fully saturated rings. The fourth-order valence-corrected chi connectivity index (χ4v) is 0.428. The lowest BCUT2D eigenvalue weighted by atomic mass is 10.3. The third kappa shape index (κ3) is 49.5. The maximum absolute atomic E-state index is 9.64. The second-order valence-corrected chi connectivity index (χ2v) is 2.81. The number of rotatable bonds is 6. The van der Waals surface area contributed by atoms with E-state index >= 15 is 0 Å². The smallest absolute Gasteiger partial charge is 0.303 e. The Hall–Kier alpha value is -2.20. The lowest BCUT2D eigenvalue weighted by Gasteiger charge is -1.85. The van der Waals surface area contributed by atoms with Crippen molar-refractivity contribution < 1.29 is 39.6 Å². The summed E-state index contributed by atoms with van der Waals surface area (Å²) in [6.07, 6.45) is -1.19. The lowest BCUT2D eigenvalue weighted by molar-refractivity contribution is -0.143. The van der Waals surface area contributed by atoms with E-state index in [4.69, 9.17) is 20.4 Å². The number of hydrogen-bond donors (Lipinski definition) is 6. The summed E-state index contributed by atoms with van der Waals surface area (Å²) in [6, 6.07) is 0. The molecule has 0 aliphatic heterocycles. The SMILES string of the molecule is NCN.O=C(O)CCC(=O)O.O=C(O)CCC(=O)O. The van der Waals surface area contributed by atoms with E-state index in [1.807, 2.05) is 0 Å². The van der Waals surface area contributed by atoms with Crippen LogP contribution in [-0.4, -0.2) is 51.0 Å². The van der Waals surface area contributed by atoms with E-state index in [9.17, 15) is 19.2 Å². The number of hydrogen-bond acceptors (Lipinski definition) is 6. The number of aliphatic carboxylic acids is 4. The summed E-state index contributed by atoms with van der Waals surface area (Å²) in [7, 11) is 0. The molecule has 0 rings (SSSR count). The molecule has 0 heterocycles. The first-order valence-electron chi connectivity index (χ1n) is 4.94. The fraction of sp³-hybridized carbons (Fsp3) is 0.556. The van der Waals surface area contributed by atoms with Gasteiger partial charge in [-0.15, -0.1) is 0 Å². The number of carbonyl (C=O) groups is 4. The van der Waals surface area contributed by atoms with E-state index in [1.165, 1.54) is 0 Å². The van der Waals surface area contributed by atoms with Crippen LogP contribution in [0.15, 0.2) is 0 Å². The number of carboxylic acids is 4. The molecule has 0 aromatic carbocycles. The standard InChI is InChI=1S/2C4H6O4.CH6N2/c2*5-3(6)1-2-4(7)8;2-1-3/h2*1-2H2,(H,5,6)(H,7,8);1-3H2. The molecule has 0 aromatic heterocycles. The maximum Gasteiger partial charge on any atom is 0.303 e. The highest BCUT2D eigenvalue weighted by atomic mass is 16.4. The Kier molecular flexibility index (Phi) is 18.3.